The van der Waals surface area contributed by atoms with E-state index in [1.165, 1.54) is 24.7 Å². The van der Waals surface area contributed by atoms with E-state index >= 15 is 0 Å². The summed E-state index contributed by atoms with van der Waals surface area (Å²) in [6.45, 7) is 0.956. The molecule has 0 aliphatic rings. The fourth-order valence-corrected chi connectivity index (χ4v) is 4.92. The third-order valence-electron chi connectivity index (χ3n) is 6.38. The van der Waals surface area contributed by atoms with Gasteiger partial charge in [-0.1, -0.05) is 23.7 Å². The minimum absolute atomic E-state index is 0.0664. The Morgan fingerprint density at radius 2 is 1.77 bits per heavy atom. The van der Waals surface area contributed by atoms with Crippen LogP contribution in [0.5, 0.6) is 5.75 Å². The van der Waals surface area contributed by atoms with Crippen molar-refractivity contribution in [1.29, 1.82) is 0 Å². The number of aromatic nitrogens is 2. The smallest absolute Gasteiger partial charge is 0.328 e. The fraction of sp³-hybridized carbons (Fsp3) is 0.152. The average Bonchev–Trinajstić information content (AvgIpc) is 3.51. The number of anilines is 2. The van der Waals surface area contributed by atoms with E-state index in [-0.39, 0.29) is 18.2 Å². The van der Waals surface area contributed by atoms with E-state index in [4.69, 9.17) is 31.0 Å². The van der Waals surface area contributed by atoms with Gasteiger partial charge in [0.25, 0.3) is 0 Å². The van der Waals surface area contributed by atoms with Crippen LogP contribution in [0.3, 0.4) is 0 Å². The number of hydrogen-bond donors (Lipinski definition) is 4. The van der Waals surface area contributed by atoms with Gasteiger partial charge in [-0.15, -0.1) is 0 Å². The van der Waals surface area contributed by atoms with Crippen LogP contribution in [-0.2, 0) is 32.6 Å². The van der Waals surface area contributed by atoms with E-state index in [1.54, 1.807) is 24.3 Å². The van der Waals surface area contributed by atoms with Gasteiger partial charge in [0.1, 0.15) is 51.7 Å². The second kappa shape index (κ2) is 16.5. The van der Waals surface area contributed by atoms with Crippen molar-refractivity contribution in [3.63, 3.8) is 0 Å². The van der Waals surface area contributed by atoms with Crippen LogP contribution in [0, 0.1) is 5.82 Å². The molecule has 2 aromatic heterocycles. The quantitative estimate of drug-likeness (QED) is 0.0853. The van der Waals surface area contributed by atoms with Gasteiger partial charge in [-0.2, -0.15) is 0 Å². The Labute approximate surface area is 279 Å². The molecule has 0 bridgehead atoms. The molecule has 0 aliphatic heterocycles. The number of ether oxygens (including phenoxy) is 1. The first-order chi connectivity index (χ1) is 22.9. The molecule has 15 heteroatoms. The second-order valence-corrected chi connectivity index (χ2v) is 12.9. The number of hydrogen-bond acceptors (Lipinski definition) is 10. The van der Waals surface area contributed by atoms with E-state index < -0.39 is 21.8 Å². The minimum atomic E-state index is -3.02. The zero-order valence-corrected chi connectivity index (χ0v) is 27.0. The fourth-order valence-electron chi connectivity index (χ4n) is 4.17. The van der Waals surface area contributed by atoms with Crippen LogP contribution in [0.15, 0.2) is 95.7 Å². The molecule has 5 rings (SSSR count). The number of nitrogens with one attached hydrogen (secondary N) is 2. The van der Waals surface area contributed by atoms with Crippen molar-refractivity contribution in [1.82, 2.24) is 15.3 Å². The molecule has 250 valence electrons. The molecule has 0 amide bonds. The van der Waals surface area contributed by atoms with Gasteiger partial charge in [-0.05, 0) is 66.2 Å². The molecule has 0 unspecified atom stereocenters. The third kappa shape index (κ3) is 11.2. The van der Waals surface area contributed by atoms with E-state index in [1.807, 2.05) is 36.4 Å². The topological polar surface area (TPSA) is 181 Å². The molecular formula is C33H30ClFN4O8S. The molecule has 0 spiro atoms. The molecule has 0 saturated heterocycles. The number of fused-ring (bicyclic) bond motifs is 1. The molecule has 12 nitrogen and oxygen atoms in total. The van der Waals surface area contributed by atoms with Gasteiger partial charge >= 0.3 is 11.9 Å². The number of furan rings is 1. The first-order valence-electron chi connectivity index (χ1n) is 14.2. The molecule has 0 saturated carbocycles. The van der Waals surface area contributed by atoms with Gasteiger partial charge in [0.05, 0.1) is 22.8 Å². The number of rotatable bonds is 13. The number of carbonyl (C=O) groups is 2. The minimum Gasteiger partial charge on any atom is -0.487 e. The van der Waals surface area contributed by atoms with Crippen LogP contribution in [0.1, 0.15) is 11.3 Å². The van der Waals surface area contributed by atoms with Crippen molar-refractivity contribution in [2.45, 2.75) is 13.2 Å². The lowest BCUT2D eigenvalue weighted by molar-refractivity contribution is -0.134. The molecule has 3 aromatic carbocycles. The van der Waals surface area contributed by atoms with E-state index in [0.29, 0.717) is 64.6 Å². The Bertz CT molecular complexity index is 2040. The maximum Gasteiger partial charge on any atom is 0.328 e. The average molecular weight is 697 g/mol. The summed E-state index contributed by atoms with van der Waals surface area (Å²) >= 11 is 6.47. The monoisotopic (exact) mass is 696 g/mol. The SMILES string of the molecule is CS(=O)(=O)CCNCc1ccc(-c2ccc3ncnc(Nc4ccc(OCc5cccc(F)c5)c(Cl)c4)c3c2)o1.O=C(O)/C=C\C(=O)O. The van der Waals surface area contributed by atoms with Crippen LogP contribution in [0.4, 0.5) is 15.9 Å². The molecule has 0 aliphatic carbocycles. The predicted molar refractivity (Wildman–Crippen MR) is 179 cm³/mol. The van der Waals surface area contributed by atoms with E-state index in [9.17, 15) is 22.4 Å². The summed E-state index contributed by atoms with van der Waals surface area (Å²) in [6, 6.07) is 21.0. The Morgan fingerprint density at radius 1 is 1.00 bits per heavy atom. The zero-order chi connectivity index (χ0) is 34.7. The highest BCUT2D eigenvalue weighted by Gasteiger charge is 2.12. The van der Waals surface area contributed by atoms with Gasteiger partial charge in [0.2, 0.25) is 0 Å². The molecule has 2 heterocycles. The molecule has 0 radical (unpaired) electrons. The van der Waals surface area contributed by atoms with Gasteiger partial charge in [0, 0.05) is 41.6 Å². The number of halogens is 2. The Balaban J connectivity index is 0.000000579. The Morgan fingerprint density at radius 3 is 2.46 bits per heavy atom. The predicted octanol–water partition coefficient (Wildman–Crippen LogP) is 5.85. The normalized spacial score (nSPS) is 11.2. The summed E-state index contributed by atoms with van der Waals surface area (Å²) in [4.78, 5) is 27.9. The lowest BCUT2D eigenvalue weighted by Crippen LogP contribution is -2.21. The van der Waals surface area contributed by atoms with Crippen molar-refractivity contribution in [3.8, 4) is 17.1 Å². The largest absolute Gasteiger partial charge is 0.487 e. The number of carboxylic acid groups (broad SMARTS) is 2. The van der Waals surface area contributed by atoms with Crippen molar-refractivity contribution in [3.05, 3.63) is 113 Å². The maximum absolute atomic E-state index is 13.4. The van der Waals surface area contributed by atoms with Gasteiger partial charge in [-0.25, -0.2) is 32.4 Å². The molecule has 5 aromatic rings. The number of aliphatic carboxylic acids is 2. The van der Waals surface area contributed by atoms with E-state index in [2.05, 4.69) is 20.6 Å². The number of benzene rings is 3. The first-order valence-corrected chi connectivity index (χ1v) is 16.6. The maximum atomic E-state index is 13.4. The second-order valence-electron chi connectivity index (χ2n) is 10.2. The highest BCUT2D eigenvalue weighted by atomic mass is 35.5. The van der Waals surface area contributed by atoms with Crippen molar-refractivity contribution in [2.75, 3.05) is 23.9 Å². The first kappa shape index (κ1) is 35.5. The molecule has 4 N–H and O–H groups in total. The van der Waals surface area contributed by atoms with Crippen molar-refractivity contribution >= 4 is 55.8 Å². The van der Waals surface area contributed by atoms with Gasteiger partial charge in [-0.3, -0.25) is 0 Å². The van der Waals surface area contributed by atoms with Crippen molar-refractivity contribution in [2.24, 2.45) is 0 Å². The summed E-state index contributed by atoms with van der Waals surface area (Å²) < 4.78 is 47.8. The number of nitrogens with zero attached hydrogens (tertiary/aromatic N) is 2. The molecular weight excluding hydrogens is 667 g/mol. The number of carboxylic acids is 2. The standard InChI is InChI=1S/C29H26ClFN4O4S.C4H4O4/c1-40(36,37)12-11-32-16-23-7-10-27(39-23)20-5-8-26-24(14-20)29(34-18-33-26)35-22-6-9-28(25(30)15-22)38-17-19-3-2-4-21(31)13-19;5-3(6)1-2-4(7)8/h2-10,13-15,18,32H,11-12,16-17H2,1H3,(H,33,34,35);1-2H,(H,5,6)(H,7,8)/b;2-1-. The van der Waals surface area contributed by atoms with Crippen molar-refractivity contribution < 1.29 is 41.8 Å². The summed E-state index contributed by atoms with van der Waals surface area (Å²) in [5, 5.41) is 23.2. The number of sulfone groups is 1. The van der Waals surface area contributed by atoms with Crippen LogP contribution < -0.4 is 15.4 Å². The molecule has 0 atom stereocenters. The summed E-state index contributed by atoms with van der Waals surface area (Å²) in [5.74, 6) is -0.341. The summed E-state index contributed by atoms with van der Waals surface area (Å²) in [7, 11) is -3.02. The lowest BCUT2D eigenvalue weighted by atomic mass is 10.1. The Kier molecular flexibility index (Phi) is 12.2. The highest BCUT2D eigenvalue weighted by Crippen LogP contribution is 2.33. The van der Waals surface area contributed by atoms with E-state index in [0.717, 1.165) is 16.5 Å². The summed E-state index contributed by atoms with van der Waals surface area (Å²) in [6.07, 6.45) is 3.81. The van der Waals surface area contributed by atoms with Crippen LogP contribution in [0.2, 0.25) is 5.02 Å². The molecule has 0 fully saturated rings. The van der Waals surface area contributed by atoms with Gasteiger partial charge in [0.15, 0.2) is 0 Å². The summed E-state index contributed by atoms with van der Waals surface area (Å²) in [5.41, 5.74) is 2.99. The van der Waals surface area contributed by atoms with Gasteiger partial charge < -0.3 is 30.0 Å². The zero-order valence-electron chi connectivity index (χ0n) is 25.4. The lowest BCUT2D eigenvalue weighted by Gasteiger charge is -2.12. The van der Waals surface area contributed by atoms with Crippen LogP contribution >= 0.6 is 11.6 Å². The van der Waals surface area contributed by atoms with Crippen LogP contribution in [-0.4, -0.2) is 59.1 Å². The van der Waals surface area contributed by atoms with Crippen LogP contribution in [0.25, 0.3) is 22.2 Å². The third-order valence-corrected chi connectivity index (χ3v) is 7.62. The Hall–Kier alpha value is -5.31. The molecule has 48 heavy (non-hydrogen) atoms. The highest BCUT2D eigenvalue weighted by molar-refractivity contribution is 7.90.